The molecule has 3 aromatic rings. The molecule has 0 atom stereocenters. The van der Waals surface area contributed by atoms with Gasteiger partial charge in [0, 0.05) is 28.5 Å². The Morgan fingerprint density at radius 1 is 1.09 bits per heavy atom. The fourth-order valence-corrected chi connectivity index (χ4v) is 3.56. The second-order valence-electron chi connectivity index (χ2n) is 8.32. The number of aromatic nitrogens is 1. The number of methoxy groups -OCH3 is 1. The molecule has 4 rings (SSSR count). The van der Waals surface area contributed by atoms with E-state index in [0.717, 1.165) is 11.1 Å². The number of halogens is 1. The van der Waals surface area contributed by atoms with Crippen molar-refractivity contribution < 1.29 is 24.1 Å². The molecular weight excluding hydrogens is 468 g/mol. The highest BCUT2D eigenvalue weighted by Crippen LogP contribution is 2.35. The maximum Gasteiger partial charge on any atom is 0.280 e. The molecule has 0 fully saturated rings. The van der Waals surface area contributed by atoms with Crippen LogP contribution in [0, 0.1) is 0 Å². The van der Waals surface area contributed by atoms with E-state index in [2.05, 4.69) is 4.98 Å². The highest BCUT2D eigenvalue weighted by atomic mass is 35.5. The number of ether oxygens (including phenoxy) is 3. The third kappa shape index (κ3) is 6.44. The fourth-order valence-electron chi connectivity index (χ4n) is 3.44. The first kappa shape index (κ1) is 26.3. The lowest BCUT2D eigenvalue weighted by atomic mass is 10.1. The van der Waals surface area contributed by atoms with Crippen molar-refractivity contribution in [3.05, 3.63) is 65.4 Å². The van der Waals surface area contributed by atoms with E-state index in [-0.39, 0.29) is 18.2 Å². The molecule has 0 aliphatic carbocycles. The standard InChI is InChI=1S/C25H25ClN2O5.C2H6/c1-25(2,30)15-33-20-9-8-19(13-21(20)31-3)28-10-11-32-22-12-17(14-27-23(22)24(28)29)16-4-6-18(26)7-5-16;1-2/h4-9,12-14,30H,10-11,15H2,1-3H3;1-2H3. The summed E-state index contributed by atoms with van der Waals surface area (Å²) in [4.78, 5) is 19.4. The Kier molecular flexibility index (Phi) is 8.59. The van der Waals surface area contributed by atoms with Crippen molar-refractivity contribution in [1.29, 1.82) is 0 Å². The van der Waals surface area contributed by atoms with Crippen molar-refractivity contribution >= 4 is 23.2 Å². The first-order valence-electron chi connectivity index (χ1n) is 11.5. The van der Waals surface area contributed by atoms with Crippen LogP contribution in [0.2, 0.25) is 5.02 Å². The summed E-state index contributed by atoms with van der Waals surface area (Å²) in [5.74, 6) is 1.11. The highest BCUT2D eigenvalue weighted by molar-refractivity contribution is 6.30. The molecule has 7 nitrogen and oxygen atoms in total. The van der Waals surface area contributed by atoms with Crippen LogP contribution in [-0.4, -0.2) is 48.5 Å². The van der Waals surface area contributed by atoms with Crippen molar-refractivity contribution in [1.82, 2.24) is 4.98 Å². The third-order valence-electron chi connectivity index (χ3n) is 5.09. The third-order valence-corrected chi connectivity index (χ3v) is 5.34. The number of benzene rings is 2. The molecule has 1 amide bonds. The van der Waals surface area contributed by atoms with Crippen LogP contribution in [0.4, 0.5) is 5.69 Å². The van der Waals surface area contributed by atoms with E-state index in [4.69, 9.17) is 25.8 Å². The molecule has 1 aromatic heterocycles. The molecule has 2 aromatic carbocycles. The molecule has 1 N–H and O–H groups in total. The summed E-state index contributed by atoms with van der Waals surface area (Å²) in [6.45, 7) is 8.08. The number of anilines is 1. The number of aliphatic hydroxyl groups is 1. The zero-order valence-electron chi connectivity index (χ0n) is 20.7. The van der Waals surface area contributed by atoms with Crippen LogP contribution in [0.5, 0.6) is 17.2 Å². The number of nitrogens with zero attached hydrogens (tertiary/aromatic N) is 2. The summed E-state index contributed by atoms with van der Waals surface area (Å²) in [5.41, 5.74) is 1.65. The topological polar surface area (TPSA) is 81.1 Å². The summed E-state index contributed by atoms with van der Waals surface area (Å²) in [6.07, 6.45) is 1.65. The molecule has 0 saturated carbocycles. The van der Waals surface area contributed by atoms with E-state index >= 15 is 0 Å². The van der Waals surface area contributed by atoms with Gasteiger partial charge < -0.3 is 24.2 Å². The van der Waals surface area contributed by atoms with Crippen LogP contribution in [0.25, 0.3) is 11.1 Å². The number of carbonyl (C=O) groups excluding carboxylic acids is 1. The number of hydrogen-bond acceptors (Lipinski definition) is 6. The Morgan fingerprint density at radius 2 is 1.80 bits per heavy atom. The molecule has 35 heavy (non-hydrogen) atoms. The largest absolute Gasteiger partial charge is 0.493 e. The lowest BCUT2D eigenvalue weighted by Gasteiger charge is -2.22. The Morgan fingerprint density at radius 3 is 2.46 bits per heavy atom. The molecule has 8 heteroatoms. The predicted molar refractivity (Wildman–Crippen MR) is 138 cm³/mol. The number of fused-ring (bicyclic) bond motifs is 1. The number of pyridine rings is 1. The highest BCUT2D eigenvalue weighted by Gasteiger charge is 2.27. The van der Waals surface area contributed by atoms with Gasteiger partial charge in [0.05, 0.1) is 19.3 Å². The molecule has 0 bridgehead atoms. The van der Waals surface area contributed by atoms with Gasteiger partial charge in [-0.2, -0.15) is 0 Å². The maximum absolute atomic E-state index is 13.3. The van der Waals surface area contributed by atoms with Gasteiger partial charge in [-0.15, -0.1) is 0 Å². The summed E-state index contributed by atoms with van der Waals surface area (Å²) in [5, 5.41) is 10.6. The minimum absolute atomic E-state index is 0.104. The average Bonchev–Trinajstić information content (AvgIpc) is 3.02. The van der Waals surface area contributed by atoms with Crippen molar-refractivity contribution in [3.8, 4) is 28.4 Å². The van der Waals surface area contributed by atoms with Crippen LogP contribution in [0.3, 0.4) is 0 Å². The Labute approximate surface area is 211 Å². The Balaban J connectivity index is 0.00000167. The van der Waals surface area contributed by atoms with Gasteiger partial charge in [0.15, 0.2) is 22.9 Å². The SMILES string of the molecule is CC.COc1cc(N2CCOc3cc(-c4ccc(Cl)cc4)cnc3C2=O)ccc1OCC(C)(C)O. The van der Waals surface area contributed by atoms with Gasteiger partial charge in [0.2, 0.25) is 0 Å². The van der Waals surface area contributed by atoms with Gasteiger partial charge >= 0.3 is 0 Å². The van der Waals surface area contributed by atoms with E-state index in [1.165, 1.54) is 7.11 Å². The van der Waals surface area contributed by atoms with Crippen LogP contribution in [0.1, 0.15) is 38.2 Å². The number of carbonyl (C=O) groups is 1. The summed E-state index contributed by atoms with van der Waals surface area (Å²) < 4.78 is 17.0. The first-order valence-corrected chi connectivity index (χ1v) is 11.9. The fraction of sp³-hybridized carbons (Fsp3) is 0.333. The van der Waals surface area contributed by atoms with E-state index in [1.807, 2.05) is 32.0 Å². The predicted octanol–water partition coefficient (Wildman–Crippen LogP) is 5.63. The minimum Gasteiger partial charge on any atom is -0.493 e. The molecule has 186 valence electrons. The molecular formula is C27H31ClN2O5. The summed E-state index contributed by atoms with van der Waals surface area (Å²) in [7, 11) is 1.53. The second-order valence-corrected chi connectivity index (χ2v) is 8.76. The van der Waals surface area contributed by atoms with Gasteiger partial charge in [-0.1, -0.05) is 37.6 Å². The zero-order valence-corrected chi connectivity index (χ0v) is 21.4. The van der Waals surface area contributed by atoms with Crippen LogP contribution < -0.4 is 19.1 Å². The number of rotatable bonds is 6. The maximum atomic E-state index is 13.3. The zero-order chi connectivity index (χ0) is 25.6. The number of amides is 1. The van der Waals surface area contributed by atoms with E-state index in [0.29, 0.717) is 41.1 Å². The minimum atomic E-state index is -0.984. The van der Waals surface area contributed by atoms with Gasteiger partial charge in [0.1, 0.15) is 13.2 Å². The lowest BCUT2D eigenvalue weighted by molar-refractivity contribution is 0.0276. The van der Waals surface area contributed by atoms with Crippen molar-refractivity contribution in [2.45, 2.75) is 33.3 Å². The van der Waals surface area contributed by atoms with Gasteiger partial charge in [-0.05, 0) is 49.7 Å². The van der Waals surface area contributed by atoms with E-state index in [9.17, 15) is 9.90 Å². The van der Waals surface area contributed by atoms with Crippen LogP contribution in [-0.2, 0) is 0 Å². The number of hydrogen-bond donors (Lipinski definition) is 1. The lowest BCUT2D eigenvalue weighted by Crippen LogP contribution is -2.32. The van der Waals surface area contributed by atoms with Crippen molar-refractivity contribution in [2.75, 3.05) is 31.8 Å². The molecule has 0 radical (unpaired) electrons. The van der Waals surface area contributed by atoms with Gasteiger partial charge in [-0.3, -0.25) is 4.79 Å². The molecule has 1 aliphatic heterocycles. The molecule has 1 aliphatic rings. The molecule has 0 saturated heterocycles. The molecule has 0 unspecified atom stereocenters. The molecule has 0 spiro atoms. The second kappa shape index (κ2) is 11.4. The van der Waals surface area contributed by atoms with Gasteiger partial charge in [-0.25, -0.2) is 4.98 Å². The van der Waals surface area contributed by atoms with Crippen LogP contribution >= 0.6 is 11.6 Å². The molecule has 2 heterocycles. The smallest absolute Gasteiger partial charge is 0.280 e. The van der Waals surface area contributed by atoms with Crippen LogP contribution in [0.15, 0.2) is 54.7 Å². The average molecular weight is 499 g/mol. The van der Waals surface area contributed by atoms with Gasteiger partial charge in [0.25, 0.3) is 5.91 Å². The van der Waals surface area contributed by atoms with E-state index < -0.39 is 5.60 Å². The summed E-state index contributed by atoms with van der Waals surface area (Å²) in [6, 6.07) is 14.4. The monoisotopic (exact) mass is 498 g/mol. The van der Waals surface area contributed by atoms with Crippen molar-refractivity contribution in [2.24, 2.45) is 0 Å². The quantitative estimate of drug-likeness (QED) is 0.474. The Hall–Kier alpha value is -3.29. The van der Waals surface area contributed by atoms with Crippen molar-refractivity contribution in [3.63, 3.8) is 0 Å². The summed E-state index contributed by atoms with van der Waals surface area (Å²) >= 11 is 5.98. The Bertz CT molecular complexity index is 1160. The normalized spacial score (nSPS) is 13.1. The first-order chi connectivity index (χ1) is 16.7. The van der Waals surface area contributed by atoms with E-state index in [1.54, 1.807) is 55.3 Å².